The monoisotopic (exact) mass is 776 g/mol. The fraction of sp³-hybridized carbons (Fsp3) is 0.867. The van der Waals surface area contributed by atoms with Crippen LogP contribution in [0, 0.1) is 0 Å². The van der Waals surface area contributed by atoms with E-state index < -0.39 is 16.8 Å². The molecule has 0 saturated carbocycles. The number of hydrogen-bond acceptors (Lipinski definition) is 9. The molecule has 0 spiro atoms. The number of carboxylic acids is 1. The van der Waals surface area contributed by atoms with E-state index in [1.807, 2.05) is 0 Å². The SMILES string of the molecule is CCCCCCCCC(CCCCCCCC)OC(=O)CCCCCCCN(CCCCCCCC(=O)O)CCCNc1c(NC2CCOCC2)c(=O)c1=O. The average molecular weight is 776 g/mol. The molecule has 1 heterocycles. The number of aliphatic carboxylic acids is 1. The van der Waals surface area contributed by atoms with Gasteiger partial charge in [-0.3, -0.25) is 19.2 Å². The van der Waals surface area contributed by atoms with E-state index in [0.29, 0.717) is 37.6 Å². The lowest BCUT2D eigenvalue weighted by Gasteiger charge is -2.26. The summed E-state index contributed by atoms with van der Waals surface area (Å²) in [4.78, 5) is 50.7. The summed E-state index contributed by atoms with van der Waals surface area (Å²) in [5, 5.41) is 15.4. The Bertz CT molecular complexity index is 1160. The quantitative estimate of drug-likeness (QED) is 0.0339. The van der Waals surface area contributed by atoms with E-state index in [9.17, 15) is 19.2 Å². The number of esters is 1. The largest absolute Gasteiger partial charge is 0.481 e. The van der Waals surface area contributed by atoms with Crippen LogP contribution in [0.15, 0.2) is 9.59 Å². The Balaban J connectivity index is 1.70. The van der Waals surface area contributed by atoms with Crippen molar-refractivity contribution in [2.45, 2.75) is 212 Å². The van der Waals surface area contributed by atoms with Crippen molar-refractivity contribution in [2.24, 2.45) is 0 Å². The van der Waals surface area contributed by atoms with Gasteiger partial charge in [0, 0.05) is 38.6 Å². The van der Waals surface area contributed by atoms with Crippen molar-refractivity contribution >= 4 is 23.3 Å². The van der Waals surface area contributed by atoms with Crippen LogP contribution in [-0.2, 0) is 19.1 Å². The topological polar surface area (TPSA) is 134 Å². The van der Waals surface area contributed by atoms with Crippen molar-refractivity contribution in [1.82, 2.24) is 4.90 Å². The van der Waals surface area contributed by atoms with Gasteiger partial charge < -0.3 is 30.1 Å². The minimum Gasteiger partial charge on any atom is -0.481 e. The highest BCUT2D eigenvalue weighted by Gasteiger charge is 2.24. The van der Waals surface area contributed by atoms with Gasteiger partial charge in [-0.25, -0.2) is 0 Å². The number of unbranched alkanes of at least 4 members (excludes halogenated alkanes) is 18. The van der Waals surface area contributed by atoms with Crippen molar-refractivity contribution in [2.75, 3.05) is 50.0 Å². The molecule has 0 atom stereocenters. The van der Waals surface area contributed by atoms with E-state index in [2.05, 4.69) is 29.4 Å². The van der Waals surface area contributed by atoms with Gasteiger partial charge in [-0.05, 0) is 90.3 Å². The molecule has 1 saturated heterocycles. The number of nitrogens with one attached hydrogen (secondary N) is 2. The summed E-state index contributed by atoms with van der Waals surface area (Å²) in [7, 11) is 0. The van der Waals surface area contributed by atoms with Crippen molar-refractivity contribution in [3.05, 3.63) is 20.4 Å². The first-order valence-electron chi connectivity index (χ1n) is 22.9. The number of carbonyl (C=O) groups is 2. The van der Waals surface area contributed by atoms with Crippen molar-refractivity contribution in [3.8, 4) is 0 Å². The summed E-state index contributed by atoms with van der Waals surface area (Å²) in [6.45, 7) is 9.39. The molecule has 0 amide bonds. The molecule has 0 aromatic heterocycles. The van der Waals surface area contributed by atoms with E-state index in [4.69, 9.17) is 14.6 Å². The van der Waals surface area contributed by atoms with Crippen molar-refractivity contribution < 1.29 is 24.2 Å². The van der Waals surface area contributed by atoms with Gasteiger partial charge >= 0.3 is 11.9 Å². The third-order valence-corrected chi connectivity index (χ3v) is 11.2. The van der Waals surface area contributed by atoms with Crippen LogP contribution in [0.3, 0.4) is 0 Å². The maximum atomic E-state index is 12.8. The fourth-order valence-corrected chi connectivity index (χ4v) is 7.68. The summed E-state index contributed by atoms with van der Waals surface area (Å²) >= 11 is 0. The van der Waals surface area contributed by atoms with Gasteiger partial charge in [0.15, 0.2) is 0 Å². The predicted molar refractivity (Wildman–Crippen MR) is 227 cm³/mol. The molecule has 55 heavy (non-hydrogen) atoms. The molecule has 0 aliphatic carbocycles. The Morgan fingerprint density at radius 1 is 0.655 bits per heavy atom. The molecule has 3 N–H and O–H groups in total. The molecule has 1 aliphatic rings. The molecule has 1 fully saturated rings. The van der Waals surface area contributed by atoms with Crippen LogP contribution in [0.1, 0.15) is 200 Å². The van der Waals surface area contributed by atoms with Gasteiger partial charge in [0.05, 0.1) is 0 Å². The maximum absolute atomic E-state index is 12.8. The van der Waals surface area contributed by atoms with E-state index >= 15 is 0 Å². The van der Waals surface area contributed by atoms with Gasteiger partial charge in [0.25, 0.3) is 10.9 Å². The van der Waals surface area contributed by atoms with Gasteiger partial charge in [0.1, 0.15) is 17.5 Å². The van der Waals surface area contributed by atoms with Crippen LogP contribution in [0.2, 0.25) is 0 Å². The Morgan fingerprint density at radius 3 is 1.69 bits per heavy atom. The van der Waals surface area contributed by atoms with Crippen LogP contribution in [0.5, 0.6) is 0 Å². The molecule has 10 heteroatoms. The molecule has 1 aromatic carbocycles. The van der Waals surface area contributed by atoms with Crippen LogP contribution in [0.4, 0.5) is 11.4 Å². The number of rotatable bonds is 38. The fourth-order valence-electron chi connectivity index (χ4n) is 7.68. The first kappa shape index (κ1) is 48.7. The number of hydrogen-bond donors (Lipinski definition) is 3. The zero-order chi connectivity index (χ0) is 39.8. The molecule has 1 aromatic rings. The van der Waals surface area contributed by atoms with E-state index in [1.165, 1.54) is 64.2 Å². The molecule has 0 bridgehead atoms. The van der Waals surface area contributed by atoms with Crippen molar-refractivity contribution in [1.29, 1.82) is 0 Å². The molecule has 10 nitrogen and oxygen atoms in total. The Morgan fingerprint density at radius 2 is 1.13 bits per heavy atom. The van der Waals surface area contributed by atoms with Gasteiger partial charge in [-0.1, -0.05) is 117 Å². The zero-order valence-corrected chi connectivity index (χ0v) is 35.2. The number of carbonyl (C=O) groups excluding carboxylic acids is 1. The average Bonchev–Trinajstić information content (AvgIpc) is 3.18. The smallest absolute Gasteiger partial charge is 0.306 e. The number of anilines is 2. The van der Waals surface area contributed by atoms with Crippen LogP contribution in [-0.4, -0.2) is 73.5 Å². The lowest BCUT2D eigenvalue weighted by molar-refractivity contribution is -0.150. The molecule has 318 valence electrons. The summed E-state index contributed by atoms with van der Waals surface area (Å²) < 4.78 is 11.5. The third-order valence-electron chi connectivity index (χ3n) is 11.2. The van der Waals surface area contributed by atoms with Gasteiger partial charge in [-0.2, -0.15) is 0 Å². The predicted octanol–water partition coefficient (Wildman–Crippen LogP) is 10.2. The third kappa shape index (κ3) is 24.0. The maximum Gasteiger partial charge on any atom is 0.306 e. The van der Waals surface area contributed by atoms with E-state index in [1.54, 1.807) is 0 Å². The highest BCUT2D eigenvalue weighted by atomic mass is 16.5. The number of carboxylic acid groups (broad SMARTS) is 1. The zero-order valence-electron chi connectivity index (χ0n) is 35.2. The first-order chi connectivity index (χ1) is 26.8. The van der Waals surface area contributed by atoms with E-state index in [0.717, 1.165) is 129 Å². The summed E-state index contributed by atoms with van der Waals surface area (Å²) in [6.07, 6.45) is 30.7. The Labute approximate surface area is 334 Å². The van der Waals surface area contributed by atoms with Crippen molar-refractivity contribution in [3.63, 3.8) is 0 Å². The van der Waals surface area contributed by atoms with Crippen LogP contribution < -0.4 is 21.5 Å². The number of nitrogens with zero attached hydrogens (tertiary/aromatic N) is 1. The molecule has 0 radical (unpaired) electrons. The second-order valence-corrected chi connectivity index (χ2v) is 16.2. The second-order valence-electron chi connectivity index (χ2n) is 16.2. The Kier molecular flexibility index (Phi) is 28.9. The summed E-state index contributed by atoms with van der Waals surface area (Å²) in [5.74, 6) is -0.735. The highest BCUT2D eigenvalue weighted by Crippen LogP contribution is 2.21. The normalized spacial score (nSPS) is 13.6. The summed E-state index contributed by atoms with van der Waals surface area (Å²) in [6, 6.07) is 0.165. The molecular formula is C45H81N3O7. The molecule has 1 aliphatic heterocycles. The Hall–Kier alpha value is -2.46. The van der Waals surface area contributed by atoms with E-state index in [-0.39, 0.29) is 24.5 Å². The molecular weight excluding hydrogens is 695 g/mol. The first-order valence-corrected chi connectivity index (χ1v) is 22.9. The highest BCUT2D eigenvalue weighted by molar-refractivity contribution is 5.74. The van der Waals surface area contributed by atoms with Gasteiger partial charge in [0.2, 0.25) is 0 Å². The molecule has 0 unspecified atom stereocenters. The lowest BCUT2D eigenvalue weighted by atomic mass is 10.0. The minimum atomic E-state index is -0.721. The second kappa shape index (κ2) is 32.6. The summed E-state index contributed by atoms with van der Waals surface area (Å²) in [5.41, 5.74) is 0.0151. The standard InChI is InChI=1S/C45H81N3O7/c1-3-5-7-9-13-19-26-39(27-20-14-10-8-6-4-2)55-41(51)29-22-16-12-18-24-34-48(33-23-17-11-15-21-28-40(49)50)35-25-32-46-42-43(45(53)44(42)52)47-38-30-36-54-37-31-38/h38-39,46-47H,3-37H2,1-2H3,(H,49,50). The molecule has 2 rings (SSSR count). The van der Waals surface area contributed by atoms with Crippen LogP contribution >= 0.6 is 0 Å². The number of ether oxygens (including phenoxy) is 2. The van der Waals surface area contributed by atoms with Gasteiger partial charge in [-0.15, -0.1) is 0 Å². The minimum absolute atomic E-state index is 0.0140. The van der Waals surface area contributed by atoms with Crippen LogP contribution in [0.25, 0.3) is 0 Å². The lowest BCUT2D eigenvalue weighted by Crippen LogP contribution is -2.41.